The Morgan fingerprint density at radius 1 is 1.15 bits per heavy atom. The van der Waals surface area contributed by atoms with Gasteiger partial charge in [0.25, 0.3) is 5.91 Å². The van der Waals surface area contributed by atoms with E-state index in [0.29, 0.717) is 17.8 Å². The summed E-state index contributed by atoms with van der Waals surface area (Å²) in [5.74, 6) is 0.105. The lowest BCUT2D eigenvalue weighted by atomic mass is 9.93. The van der Waals surface area contributed by atoms with Crippen LogP contribution < -0.4 is 5.32 Å². The SMILES string of the molecule is COC(=O)COC1(C)C=Cc2nc(-c3ccc(C(=O)Nc4ccc5cc[nH]c5c4)cc3)[nH]c2C1. The van der Waals surface area contributed by atoms with Crippen LogP contribution in [0.3, 0.4) is 0 Å². The second-order valence-corrected chi connectivity index (χ2v) is 8.45. The number of carbonyl (C=O) groups excluding carboxylic acids is 2. The Kier molecular flexibility index (Phi) is 5.51. The van der Waals surface area contributed by atoms with Gasteiger partial charge in [0.05, 0.1) is 18.4 Å². The van der Waals surface area contributed by atoms with Crippen LogP contribution in [0, 0.1) is 0 Å². The largest absolute Gasteiger partial charge is 0.467 e. The van der Waals surface area contributed by atoms with Gasteiger partial charge in [-0.1, -0.05) is 24.3 Å². The molecule has 2 aromatic carbocycles. The molecule has 1 atom stereocenters. The number of esters is 1. The minimum Gasteiger partial charge on any atom is -0.467 e. The first-order chi connectivity index (χ1) is 16.4. The lowest BCUT2D eigenvalue weighted by Crippen LogP contribution is -2.33. The highest BCUT2D eigenvalue weighted by atomic mass is 16.6. The van der Waals surface area contributed by atoms with E-state index in [4.69, 9.17) is 4.74 Å². The summed E-state index contributed by atoms with van der Waals surface area (Å²) in [7, 11) is 1.33. The zero-order chi connectivity index (χ0) is 23.7. The molecule has 2 heterocycles. The predicted molar refractivity (Wildman–Crippen MR) is 129 cm³/mol. The Labute approximate surface area is 196 Å². The number of ether oxygens (including phenoxy) is 2. The van der Waals surface area contributed by atoms with Gasteiger partial charge in [0.15, 0.2) is 0 Å². The highest BCUT2D eigenvalue weighted by Crippen LogP contribution is 2.30. The number of benzene rings is 2. The molecule has 3 N–H and O–H groups in total. The first kappa shape index (κ1) is 21.7. The predicted octanol–water partition coefficient (Wildman–Crippen LogP) is 4.33. The molecule has 1 unspecified atom stereocenters. The number of anilines is 1. The van der Waals surface area contributed by atoms with E-state index in [1.165, 1.54) is 7.11 Å². The van der Waals surface area contributed by atoms with Crippen LogP contribution in [0.4, 0.5) is 5.69 Å². The number of imidazole rings is 1. The van der Waals surface area contributed by atoms with Crippen molar-refractivity contribution in [2.45, 2.75) is 18.9 Å². The number of aromatic amines is 2. The maximum absolute atomic E-state index is 12.7. The van der Waals surface area contributed by atoms with Gasteiger partial charge in [-0.3, -0.25) is 4.79 Å². The third-order valence-electron chi connectivity index (χ3n) is 5.91. The number of amides is 1. The lowest BCUT2D eigenvalue weighted by molar-refractivity contribution is -0.150. The van der Waals surface area contributed by atoms with Gasteiger partial charge in [-0.05, 0) is 48.7 Å². The summed E-state index contributed by atoms with van der Waals surface area (Å²) in [5, 5.41) is 4.03. The monoisotopic (exact) mass is 456 g/mol. The van der Waals surface area contributed by atoms with Crippen molar-refractivity contribution < 1.29 is 19.1 Å². The van der Waals surface area contributed by atoms with Crippen LogP contribution in [0.15, 0.2) is 60.8 Å². The van der Waals surface area contributed by atoms with Crippen molar-refractivity contribution >= 4 is 34.5 Å². The molecule has 8 heteroatoms. The van der Waals surface area contributed by atoms with Gasteiger partial charge in [-0.15, -0.1) is 0 Å². The van der Waals surface area contributed by atoms with Crippen molar-refractivity contribution in [3.8, 4) is 11.4 Å². The Morgan fingerprint density at radius 2 is 1.97 bits per heavy atom. The topological polar surface area (TPSA) is 109 Å². The summed E-state index contributed by atoms with van der Waals surface area (Å²) in [6.07, 6.45) is 6.21. The maximum Gasteiger partial charge on any atom is 0.331 e. The van der Waals surface area contributed by atoms with E-state index < -0.39 is 11.6 Å². The average Bonchev–Trinajstić information content (AvgIpc) is 3.48. The summed E-state index contributed by atoms with van der Waals surface area (Å²) >= 11 is 0. The van der Waals surface area contributed by atoms with E-state index in [0.717, 1.165) is 33.5 Å². The van der Waals surface area contributed by atoms with Crippen LogP contribution in [0.25, 0.3) is 28.4 Å². The molecule has 0 spiro atoms. The zero-order valence-electron chi connectivity index (χ0n) is 18.8. The fourth-order valence-corrected chi connectivity index (χ4v) is 3.99. The summed E-state index contributed by atoms with van der Waals surface area (Å²) in [6, 6.07) is 15.0. The van der Waals surface area contributed by atoms with Crippen molar-refractivity contribution in [2.75, 3.05) is 19.0 Å². The number of hydrogen-bond acceptors (Lipinski definition) is 5. The first-order valence-corrected chi connectivity index (χ1v) is 10.9. The second-order valence-electron chi connectivity index (χ2n) is 8.45. The quantitative estimate of drug-likeness (QED) is 0.374. The van der Waals surface area contributed by atoms with Gasteiger partial charge in [-0.2, -0.15) is 0 Å². The Balaban J connectivity index is 1.27. The first-order valence-electron chi connectivity index (χ1n) is 10.9. The summed E-state index contributed by atoms with van der Waals surface area (Å²) < 4.78 is 10.4. The molecule has 0 saturated heterocycles. The van der Waals surface area contributed by atoms with Crippen LogP contribution in [0.5, 0.6) is 0 Å². The minimum absolute atomic E-state index is 0.115. The molecular weight excluding hydrogens is 432 g/mol. The number of rotatable bonds is 6. The van der Waals surface area contributed by atoms with Crippen LogP contribution in [0.2, 0.25) is 0 Å². The third-order valence-corrected chi connectivity index (χ3v) is 5.91. The van der Waals surface area contributed by atoms with Crippen molar-refractivity contribution in [1.29, 1.82) is 0 Å². The third kappa shape index (κ3) is 4.35. The van der Waals surface area contributed by atoms with Crippen molar-refractivity contribution in [2.24, 2.45) is 0 Å². The van der Waals surface area contributed by atoms with Crippen molar-refractivity contribution in [1.82, 2.24) is 15.0 Å². The Morgan fingerprint density at radius 3 is 2.76 bits per heavy atom. The highest BCUT2D eigenvalue weighted by Gasteiger charge is 2.30. The number of nitrogens with one attached hydrogen (secondary N) is 3. The molecule has 172 valence electrons. The van der Waals surface area contributed by atoms with Crippen molar-refractivity contribution in [3.63, 3.8) is 0 Å². The number of methoxy groups -OCH3 is 1. The molecule has 34 heavy (non-hydrogen) atoms. The molecule has 0 radical (unpaired) electrons. The van der Waals surface area contributed by atoms with E-state index in [1.54, 1.807) is 12.1 Å². The molecule has 0 aliphatic heterocycles. The molecule has 2 aromatic heterocycles. The van der Waals surface area contributed by atoms with Gasteiger partial charge in [0.1, 0.15) is 12.4 Å². The average molecular weight is 457 g/mol. The van der Waals surface area contributed by atoms with Gasteiger partial charge in [-0.25, -0.2) is 9.78 Å². The minimum atomic E-state index is -0.629. The summed E-state index contributed by atoms with van der Waals surface area (Å²) in [4.78, 5) is 35.3. The number of H-pyrrole nitrogens is 2. The van der Waals surface area contributed by atoms with E-state index in [1.807, 2.05) is 61.7 Å². The molecular formula is C26H24N4O4. The second kappa shape index (κ2) is 8.64. The van der Waals surface area contributed by atoms with Gasteiger partial charge < -0.3 is 24.8 Å². The molecule has 0 bridgehead atoms. The molecule has 1 aliphatic rings. The van der Waals surface area contributed by atoms with Gasteiger partial charge in [0, 0.05) is 40.6 Å². The number of carbonyl (C=O) groups is 2. The molecule has 4 aromatic rings. The normalized spacial score (nSPS) is 16.9. The maximum atomic E-state index is 12.7. The molecule has 1 aliphatic carbocycles. The standard InChI is InChI=1S/C26H24N4O4/c1-26(34-15-23(31)33-2)11-9-20-22(14-26)30-24(29-20)17-3-5-18(6-4-17)25(32)28-19-8-7-16-10-12-27-21(16)13-19/h3-13,27H,14-15H2,1-2H3,(H,28,32)(H,29,30). The molecule has 0 fully saturated rings. The van der Waals surface area contributed by atoms with Gasteiger partial charge in [0.2, 0.25) is 0 Å². The molecule has 1 amide bonds. The summed E-state index contributed by atoms with van der Waals surface area (Å²) in [6.45, 7) is 1.80. The van der Waals surface area contributed by atoms with Crippen LogP contribution in [-0.2, 0) is 20.7 Å². The number of nitrogens with zero attached hydrogens (tertiary/aromatic N) is 1. The van der Waals surface area contributed by atoms with Crippen LogP contribution >= 0.6 is 0 Å². The number of aromatic nitrogens is 3. The number of hydrogen-bond donors (Lipinski definition) is 3. The Hall–Kier alpha value is -4.17. The zero-order valence-corrected chi connectivity index (χ0v) is 18.8. The van der Waals surface area contributed by atoms with Gasteiger partial charge >= 0.3 is 5.97 Å². The highest BCUT2D eigenvalue weighted by molar-refractivity contribution is 6.05. The Bertz CT molecular complexity index is 1400. The fraction of sp³-hybridized carbons (Fsp3) is 0.192. The molecule has 0 saturated carbocycles. The smallest absolute Gasteiger partial charge is 0.331 e. The molecule has 5 rings (SSSR count). The van der Waals surface area contributed by atoms with E-state index in [2.05, 4.69) is 25.0 Å². The fourth-order valence-electron chi connectivity index (χ4n) is 3.99. The van der Waals surface area contributed by atoms with E-state index in [-0.39, 0.29) is 12.5 Å². The summed E-state index contributed by atoms with van der Waals surface area (Å²) in [5.41, 5.74) is 4.24. The lowest BCUT2D eigenvalue weighted by Gasteiger charge is -2.28. The van der Waals surface area contributed by atoms with E-state index in [9.17, 15) is 9.59 Å². The van der Waals surface area contributed by atoms with Crippen molar-refractivity contribution in [3.05, 3.63) is 77.8 Å². The van der Waals surface area contributed by atoms with Crippen LogP contribution in [0.1, 0.15) is 28.7 Å². The van der Waals surface area contributed by atoms with Crippen LogP contribution in [-0.4, -0.2) is 46.1 Å². The number of fused-ring (bicyclic) bond motifs is 2. The molecule has 8 nitrogen and oxygen atoms in total. The van der Waals surface area contributed by atoms with E-state index >= 15 is 0 Å².